The van der Waals surface area contributed by atoms with Gasteiger partial charge in [-0.15, -0.1) is 6.58 Å². The van der Waals surface area contributed by atoms with Crippen molar-refractivity contribution >= 4 is 17.8 Å². The van der Waals surface area contributed by atoms with E-state index in [2.05, 4.69) is 11.9 Å². The monoisotopic (exact) mass is 526 g/mol. The molecule has 0 aliphatic rings. The molecular weight excluding hydrogens is 496 g/mol. The summed E-state index contributed by atoms with van der Waals surface area (Å²) in [5, 5.41) is 2.87. The average molecular weight is 527 g/mol. The van der Waals surface area contributed by atoms with Crippen LogP contribution in [0.3, 0.4) is 0 Å². The zero-order valence-electron chi connectivity index (χ0n) is 22.1. The molecule has 0 radical (unpaired) electrons. The summed E-state index contributed by atoms with van der Waals surface area (Å²) in [6.07, 6.45) is 3.41. The van der Waals surface area contributed by atoms with Crippen LogP contribution < -0.4 is 19.5 Å². The van der Waals surface area contributed by atoms with Crippen molar-refractivity contribution in [2.45, 2.75) is 0 Å². The van der Waals surface area contributed by atoms with Crippen LogP contribution in [0.5, 0.6) is 17.2 Å². The zero-order chi connectivity index (χ0) is 27.8. The maximum Gasteiger partial charge on any atom is 0.254 e. The Labute approximate surface area is 227 Å². The summed E-state index contributed by atoms with van der Waals surface area (Å²) in [4.78, 5) is 32.5. The van der Waals surface area contributed by atoms with Crippen molar-refractivity contribution in [3.05, 3.63) is 97.2 Å². The van der Waals surface area contributed by atoms with Crippen LogP contribution in [0.25, 0.3) is 16.9 Å². The van der Waals surface area contributed by atoms with Crippen LogP contribution in [0.1, 0.15) is 10.4 Å². The van der Waals surface area contributed by atoms with Gasteiger partial charge in [-0.3, -0.25) is 19.5 Å². The van der Waals surface area contributed by atoms with Crippen LogP contribution >= 0.6 is 0 Å². The Morgan fingerprint density at radius 2 is 1.56 bits per heavy atom. The van der Waals surface area contributed by atoms with Crippen molar-refractivity contribution < 1.29 is 23.8 Å². The first-order valence-electron chi connectivity index (χ1n) is 12.2. The van der Waals surface area contributed by atoms with Crippen LogP contribution in [0.4, 0.5) is 5.95 Å². The van der Waals surface area contributed by atoms with E-state index in [-0.39, 0.29) is 19.0 Å². The van der Waals surface area contributed by atoms with E-state index < -0.39 is 5.91 Å². The molecule has 0 aliphatic heterocycles. The summed E-state index contributed by atoms with van der Waals surface area (Å²) in [5.41, 5.74) is 2.68. The molecule has 0 unspecified atom stereocenters. The number of hydrogen-bond donors (Lipinski definition) is 1. The third kappa shape index (κ3) is 6.45. The van der Waals surface area contributed by atoms with Gasteiger partial charge in [-0.25, -0.2) is 4.98 Å². The number of anilines is 1. The fourth-order valence-electron chi connectivity index (χ4n) is 3.96. The number of carbonyl (C=O) groups excluding carboxylic acids is 2. The summed E-state index contributed by atoms with van der Waals surface area (Å²) in [7, 11) is 4.74. The third-order valence-electron chi connectivity index (χ3n) is 5.98. The molecule has 9 nitrogen and oxygen atoms in total. The molecular formula is C30H30N4O5. The van der Waals surface area contributed by atoms with E-state index >= 15 is 0 Å². The SMILES string of the molecule is C=CCN(CC(=O)Nc1nc(-c2ccc(OC)cc2)cn1-c1ccc(OC)cc1)C(=O)c1cccc(OC)c1. The standard InChI is InChI=1S/C30H30N4O5/c1-5-17-33(29(36)22-7-6-8-26(18-22)39-4)20-28(35)32-30-31-27(21-9-13-24(37-2)14-10-21)19-34(30)23-11-15-25(38-3)16-12-23/h5-16,18-19H,1,17,20H2,2-4H3,(H,31,32,35). The maximum absolute atomic E-state index is 13.2. The van der Waals surface area contributed by atoms with Crippen molar-refractivity contribution in [1.29, 1.82) is 0 Å². The number of methoxy groups -OCH3 is 3. The zero-order valence-corrected chi connectivity index (χ0v) is 22.1. The highest BCUT2D eigenvalue weighted by atomic mass is 16.5. The molecule has 3 aromatic carbocycles. The topological polar surface area (TPSA) is 94.9 Å². The van der Waals surface area contributed by atoms with Gasteiger partial charge in [-0.2, -0.15) is 0 Å². The summed E-state index contributed by atoms with van der Waals surface area (Å²) in [6, 6.07) is 21.6. The molecule has 4 aromatic rings. The van der Waals surface area contributed by atoms with Gasteiger partial charge in [-0.05, 0) is 66.7 Å². The number of benzene rings is 3. The summed E-state index contributed by atoms with van der Waals surface area (Å²) in [6.45, 7) is 3.72. The minimum Gasteiger partial charge on any atom is -0.497 e. The first-order valence-corrected chi connectivity index (χ1v) is 12.2. The van der Waals surface area contributed by atoms with Gasteiger partial charge in [-0.1, -0.05) is 12.1 Å². The number of rotatable bonds is 11. The Morgan fingerprint density at radius 3 is 2.18 bits per heavy atom. The molecule has 1 heterocycles. The van der Waals surface area contributed by atoms with Crippen molar-refractivity contribution in [1.82, 2.24) is 14.5 Å². The van der Waals surface area contributed by atoms with Crippen LogP contribution in [0.2, 0.25) is 0 Å². The number of nitrogens with zero attached hydrogens (tertiary/aromatic N) is 3. The molecule has 200 valence electrons. The second-order valence-corrected chi connectivity index (χ2v) is 8.50. The van der Waals surface area contributed by atoms with E-state index in [1.54, 1.807) is 49.1 Å². The number of nitrogens with one attached hydrogen (secondary N) is 1. The Bertz CT molecular complexity index is 1450. The molecule has 0 saturated heterocycles. The average Bonchev–Trinajstić information content (AvgIpc) is 3.40. The molecule has 0 saturated carbocycles. The van der Waals surface area contributed by atoms with Crippen molar-refractivity contribution in [3.8, 4) is 34.2 Å². The molecule has 0 spiro atoms. The predicted molar refractivity (Wildman–Crippen MR) is 150 cm³/mol. The summed E-state index contributed by atoms with van der Waals surface area (Å²) >= 11 is 0. The molecule has 0 fully saturated rings. The van der Waals surface area contributed by atoms with E-state index in [0.717, 1.165) is 17.0 Å². The van der Waals surface area contributed by atoms with Gasteiger partial charge in [0.2, 0.25) is 11.9 Å². The molecule has 0 bridgehead atoms. The number of carbonyl (C=O) groups is 2. The molecule has 9 heteroatoms. The van der Waals surface area contributed by atoms with Crippen molar-refractivity contribution in [3.63, 3.8) is 0 Å². The smallest absolute Gasteiger partial charge is 0.254 e. The van der Waals surface area contributed by atoms with E-state index in [1.807, 2.05) is 54.7 Å². The fourth-order valence-corrected chi connectivity index (χ4v) is 3.96. The highest BCUT2D eigenvalue weighted by Gasteiger charge is 2.21. The second kappa shape index (κ2) is 12.5. The van der Waals surface area contributed by atoms with Crippen LogP contribution in [-0.2, 0) is 4.79 Å². The van der Waals surface area contributed by atoms with E-state index in [4.69, 9.17) is 19.2 Å². The molecule has 1 N–H and O–H groups in total. The molecule has 39 heavy (non-hydrogen) atoms. The molecule has 4 rings (SSSR count). The second-order valence-electron chi connectivity index (χ2n) is 8.50. The maximum atomic E-state index is 13.2. The molecule has 0 aliphatic carbocycles. The molecule has 0 atom stereocenters. The number of hydrogen-bond acceptors (Lipinski definition) is 6. The lowest BCUT2D eigenvalue weighted by atomic mass is 10.1. The quantitative estimate of drug-likeness (QED) is 0.281. The van der Waals surface area contributed by atoms with Crippen molar-refractivity contribution in [2.75, 3.05) is 39.7 Å². The first-order chi connectivity index (χ1) is 18.9. The fraction of sp³-hybridized carbons (Fsp3) is 0.167. The largest absolute Gasteiger partial charge is 0.497 e. The van der Waals surface area contributed by atoms with Gasteiger partial charge in [0, 0.05) is 29.6 Å². The Kier molecular flexibility index (Phi) is 8.63. The third-order valence-corrected chi connectivity index (χ3v) is 5.98. The van der Waals surface area contributed by atoms with E-state index in [0.29, 0.717) is 28.7 Å². The van der Waals surface area contributed by atoms with Gasteiger partial charge < -0.3 is 19.1 Å². The first kappa shape index (κ1) is 27.0. The number of amides is 2. The van der Waals surface area contributed by atoms with E-state index in [9.17, 15) is 9.59 Å². The highest BCUT2D eigenvalue weighted by molar-refractivity contribution is 5.99. The number of imidazole rings is 1. The normalized spacial score (nSPS) is 10.4. The lowest BCUT2D eigenvalue weighted by molar-refractivity contribution is -0.116. The molecule has 2 amide bonds. The lowest BCUT2D eigenvalue weighted by Gasteiger charge is -2.21. The van der Waals surface area contributed by atoms with Crippen LogP contribution in [-0.4, -0.2) is 60.7 Å². The van der Waals surface area contributed by atoms with Gasteiger partial charge in [0.05, 0.1) is 27.0 Å². The predicted octanol–water partition coefficient (Wildman–Crippen LogP) is 4.83. The van der Waals surface area contributed by atoms with Gasteiger partial charge in [0.15, 0.2) is 0 Å². The minimum absolute atomic E-state index is 0.188. The summed E-state index contributed by atoms with van der Waals surface area (Å²) in [5.74, 6) is 1.57. The van der Waals surface area contributed by atoms with Crippen LogP contribution in [0, 0.1) is 0 Å². The Hall–Kier alpha value is -5.05. The van der Waals surface area contributed by atoms with Gasteiger partial charge in [0.1, 0.15) is 23.8 Å². The van der Waals surface area contributed by atoms with Crippen LogP contribution in [0.15, 0.2) is 91.6 Å². The highest BCUT2D eigenvalue weighted by Crippen LogP contribution is 2.27. The minimum atomic E-state index is -0.408. The van der Waals surface area contributed by atoms with Gasteiger partial charge >= 0.3 is 0 Å². The molecule has 1 aromatic heterocycles. The Morgan fingerprint density at radius 1 is 0.923 bits per heavy atom. The number of aromatic nitrogens is 2. The van der Waals surface area contributed by atoms with E-state index in [1.165, 1.54) is 12.0 Å². The number of ether oxygens (including phenoxy) is 3. The Balaban J connectivity index is 1.61. The summed E-state index contributed by atoms with van der Waals surface area (Å²) < 4.78 is 17.5. The van der Waals surface area contributed by atoms with Crippen molar-refractivity contribution in [2.24, 2.45) is 0 Å². The lowest BCUT2D eigenvalue weighted by Crippen LogP contribution is -2.38. The van der Waals surface area contributed by atoms with Gasteiger partial charge in [0.25, 0.3) is 5.91 Å².